The molecule has 0 aliphatic heterocycles. The molecule has 178 valence electrons. The lowest BCUT2D eigenvalue weighted by atomic mass is 10.1. The summed E-state index contributed by atoms with van der Waals surface area (Å²) in [7, 11) is 0. The number of carboxylic acid groups (broad SMARTS) is 1. The van der Waals surface area contributed by atoms with E-state index in [9.17, 15) is 13.2 Å². The van der Waals surface area contributed by atoms with Gasteiger partial charge in [0.15, 0.2) is 0 Å². The van der Waals surface area contributed by atoms with Gasteiger partial charge in [0.2, 0.25) is 0 Å². The van der Waals surface area contributed by atoms with Crippen LogP contribution in [0.1, 0.15) is 29.7 Å². The van der Waals surface area contributed by atoms with Crippen molar-refractivity contribution < 1.29 is 23.1 Å². The highest BCUT2D eigenvalue weighted by Gasteiger charge is 2.38. The van der Waals surface area contributed by atoms with E-state index in [0.29, 0.717) is 0 Å². The number of benzene rings is 2. The van der Waals surface area contributed by atoms with E-state index in [-0.39, 0.29) is 6.04 Å². The lowest BCUT2D eigenvalue weighted by molar-refractivity contribution is -0.192. The number of carboxylic acids is 1. The molecule has 0 spiro atoms. The smallest absolute Gasteiger partial charge is 0.475 e. The zero-order valence-electron chi connectivity index (χ0n) is 18.4. The summed E-state index contributed by atoms with van der Waals surface area (Å²) in [4.78, 5) is 13.0. The van der Waals surface area contributed by atoms with Crippen molar-refractivity contribution >= 4 is 5.97 Å². The lowest BCUT2D eigenvalue weighted by Crippen LogP contribution is -2.21. The van der Waals surface area contributed by atoms with Crippen LogP contribution >= 0.6 is 0 Å². The molecular formula is C24H24F3N5O2. The number of imidazole rings is 1. The molecule has 2 heterocycles. The zero-order valence-corrected chi connectivity index (χ0v) is 18.4. The summed E-state index contributed by atoms with van der Waals surface area (Å²) in [6.07, 6.45) is 4.30. The standard InChI is InChI=1S/C22H23N5.C2HF3O2/c1-18(21-6-8-22(9-7-21)27-12-3-10-25-27)24-15-19-4-2-5-20(14-19)16-26-13-11-23-17-26;3-2(4,5)1(6)7/h2-14,17-18,24H,15-16H2,1H3;(H,6,7). The second-order valence-electron chi connectivity index (χ2n) is 7.50. The molecule has 0 radical (unpaired) electrons. The van der Waals surface area contributed by atoms with Gasteiger partial charge in [-0.05, 0) is 41.8 Å². The van der Waals surface area contributed by atoms with Crippen molar-refractivity contribution in [2.75, 3.05) is 0 Å². The fourth-order valence-electron chi connectivity index (χ4n) is 3.16. The average Bonchev–Trinajstić information content (AvgIpc) is 3.52. The number of aromatic nitrogens is 4. The fourth-order valence-corrected chi connectivity index (χ4v) is 3.16. The Morgan fingerprint density at radius 3 is 2.35 bits per heavy atom. The maximum atomic E-state index is 10.6. The summed E-state index contributed by atoms with van der Waals surface area (Å²) >= 11 is 0. The number of aliphatic carboxylic acids is 1. The van der Waals surface area contributed by atoms with E-state index in [2.05, 4.69) is 75.4 Å². The summed E-state index contributed by atoms with van der Waals surface area (Å²) in [6.45, 7) is 3.87. The van der Waals surface area contributed by atoms with Crippen molar-refractivity contribution in [3.63, 3.8) is 0 Å². The predicted octanol–water partition coefficient (Wildman–Crippen LogP) is 4.60. The molecule has 0 bridgehead atoms. The third kappa shape index (κ3) is 7.31. The van der Waals surface area contributed by atoms with Gasteiger partial charge in [-0.1, -0.05) is 36.4 Å². The van der Waals surface area contributed by atoms with Gasteiger partial charge in [0.25, 0.3) is 0 Å². The minimum Gasteiger partial charge on any atom is -0.475 e. The molecule has 0 aliphatic rings. The Bertz CT molecular complexity index is 1160. The molecule has 1 atom stereocenters. The molecule has 0 fully saturated rings. The first-order valence-electron chi connectivity index (χ1n) is 10.4. The van der Waals surface area contributed by atoms with E-state index in [1.54, 1.807) is 6.20 Å². The van der Waals surface area contributed by atoms with Gasteiger partial charge in [-0.25, -0.2) is 14.5 Å². The van der Waals surface area contributed by atoms with Crippen molar-refractivity contribution in [3.8, 4) is 5.69 Å². The van der Waals surface area contributed by atoms with Gasteiger partial charge in [0.1, 0.15) is 0 Å². The Balaban J connectivity index is 0.000000406. The van der Waals surface area contributed by atoms with Gasteiger partial charge < -0.3 is 15.0 Å². The third-order valence-electron chi connectivity index (χ3n) is 4.93. The number of alkyl halides is 3. The van der Waals surface area contributed by atoms with Crippen molar-refractivity contribution in [2.45, 2.75) is 32.2 Å². The molecule has 2 aromatic heterocycles. The topological polar surface area (TPSA) is 85.0 Å². The Labute approximate surface area is 194 Å². The molecule has 10 heteroatoms. The highest BCUT2D eigenvalue weighted by molar-refractivity contribution is 5.73. The normalized spacial score (nSPS) is 12.0. The molecule has 0 saturated carbocycles. The minimum absolute atomic E-state index is 0.272. The molecule has 0 amide bonds. The Morgan fingerprint density at radius 2 is 1.76 bits per heavy atom. The van der Waals surface area contributed by atoms with Gasteiger partial charge in [-0.15, -0.1) is 0 Å². The monoisotopic (exact) mass is 471 g/mol. The average molecular weight is 471 g/mol. The van der Waals surface area contributed by atoms with Gasteiger partial charge in [0.05, 0.1) is 12.0 Å². The van der Waals surface area contributed by atoms with Crippen LogP contribution in [0.2, 0.25) is 0 Å². The maximum absolute atomic E-state index is 10.6. The Morgan fingerprint density at radius 1 is 1.06 bits per heavy atom. The Kier molecular flexibility index (Phi) is 8.20. The first kappa shape index (κ1) is 24.7. The largest absolute Gasteiger partial charge is 0.490 e. The lowest BCUT2D eigenvalue weighted by Gasteiger charge is -2.15. The van der Waals surface area contributed by atoms with Crippen molar-refractivity contribution in [3.05, 3.63) is 102 Å². The molecule has 1 unspecified atom stereocenters. The number of nitrogens with zero attached hydrogens (tertiary/aromatic N) is 4. The van der Waals surface area contributed by atoms with E-state index >= 15 is 0 Å². The summed E-state index contributed by atoms with van der Waals surface area (Å²) in [5, 5.41) is 15.0. The zero-order chi connectivity index (χ0) is 24.6. The van der Waals surface area contributed by atoms with Crippen LogP contribution in [0.15, 0.2) is 85.7 Å². The SMILES string of the molecule is CC(NCc1cccc(Cn2ccnc2)c1)c1ccc(-n2cccn2)cc1.O=C(O)C(F)(F)F. The summed E-state index contributed by atoms with van der Waals surface area (Å²) in [6, 6.07) is 19.4. The fraction of sp³-hybridized carbons (Fsp3) is 0.208. The molecule has 7 nitrogen and oxygen atoms in total. The number of hydrogen-bond acceptors (Lipinski definition) is 4. The molecule has 4 rings (SSSR count). The number of halogens is 3. The number of carbonyl (C=O) groups is 1. The highest BCUT2D eigenvalue weighted by Crippen LogP contribution is 2.17. The second-order valence-corrected chi connectivity index (χ2v) is 7.50. The van der Waals surface area contributed by atoms with E-state index < -0.39 is 12.1 Å². The van der Waals surface area contributed by atoms with E-state index in [0.717, 1.165) is 18.8 Å². The first-order valence-corrected chi connectivity index (χ1v) is 10.4. The van der Waals surface area contributed by atoms with Crippen LogP contribution in [0.4, 0.5) is 13.2 Å². The van der Waals surface area contributed by atoms with Crippen LogP contribution in [0.5, 0.6) is 0 Å². The van der Waals surface area contributed by atoms with Crippen molar-refractivity contribution in [1.82, 2.24) is 24.6 Å². The van der Waals surface area contributed by atoms with Gasteiger partial charge in [-0.2, -0.15) is 18.3 Å². The van der Waals surface area contributed by atoms with Gasteiger partial charge in [0, 0.05) is 43.9 Å². The number of nitrogens with one attached hydrogen (secondary N) is 1. The first-order chi connectivity index (χ1) is 16.2. The van der Waals surface area contributed by atoms with Crippen LogP contribution in [0, 0.1) is 0 Å². The van der Waals surface area contributed by atoms with Gasteiger partial charge in [-0.3, -0.25) is 0 Å². The van der Waals surface area contributed by atoms with Crippen LogP contribution in [0.25, 0.3) is 5.69 Å². The van der Waals surface area contributed by atoms with Crippen LogP contribution < -0.4 is 5.32 Å². The van der Waals surface area contributed by atoms with Crippen LogP contribution in [-0.4, -0.2) is 36.6 Å². The molecule has 4 aromatic rings. The number of hydrogen-bond donors (Lipinski definition) is 2. The molecule has 2 N–H and O–H groups in total. The summed E-state index contributed by atoms with van der Waals surface area (Å²) in [5.41, 5.74) is 4.90. The second kappa shape index (κ2) is 11.3. The van der Waals surface area contributed by atoms with Crippen molar-refractivity contribution in [2.24, 2.45) is 0 Å². The van der Waals surface area contributed by atoms with Crippen LogP contribution in [0.3, 0.4) is 0 Å². The summed E-state index contributed by atoms with van der Waals surface area (Å²) < 4.78 is 35.7. The predicted molar refractivity (Wildman–Crippen MR) is 120 cm³/mol. The maximum Gasteiger partial charge on any atom is 0.490 e. The molecular weight excluding hydrogens is 447 g/mol. The third-order valence-corrected chi connectivity index (χ3v) is 4.93. The van der Waals surface area contributed by atoms with E-state index in [1.807, 2.05) is 35.7 Å². The quantitative estimate of drug-likeness (QED) is 0.412. The highest BCUT2D eigenvalue weighted by atomic mass is 19.4. The Hall–Kier alpha value is -3.92. The van der Waals surface area contributed by atoms with E-state index in [1.165, 1.54) is 16.7 Å². The molecule has 0 aliphatic carbocycles. The van der Waals surface area contributed by atoms with Crippen molar-refractivity contribution in [1.29, 1.82) is 0 Å². The molecule has 2 aromatic carbocycles. The van der Waals surface area contributed by atoms with E-state index in [4.69, 9.17) is 9.90 Å². The minimum atomic E-state index is -5.08. The molecule has 34 heavy (non-hydrogen) atoms. The summed E-state index contributed by atoms with van der Waals surface area (Å²) in [5.74, 6) is -2.76. The number of rotatable bonds is 7. The van der Waals surface area contributed by atoms with Crippen LogP contribution in [-0.2, 0) is 17.9 Å². The van der Waals surface area contributed by atoms with Gasteiger partial charge >= 0.3 is 12.1 Å². The molecule has 0 saturated heterocycles.